The summed E-state index contributed by atoms with van der Waals surface area (Å²) in [6, 6.07) is 5.48. The maximum absolute atomic E-state index is 5.40. The Morgan fingerprint density at radius 3 is 3.08 bits per heavy atom. The third kappa shape index (κ3) is 1.36. The van der Waals surface area contributed by atoms with Crippen LogP contribution in [0.15, 0.2) is 22.6 Å². The highest BCUT2D eigenvalue weighted by Crippen LogP contribution is 2.20. The number of aromatic nitrogens is 1. The molecular formula is C9H10N2O2. The molecule has 0 fully saturated rings. The van der Waals surface area contributed by atoms with Crippen molar-refractivity contribution in [3.05, 3.63) is 24.1 Å². The summed E-state index contributed by atoms with van der Waals surface area (Å²) in [5, 5.41) is 0. The lowest BCUT2D eigenvalue weighted by Gasteiger charge is -1.95. The van der Waals surface area contributed by atoms with Gasteiger partial charge in [-0.1, -0.05) is 0 Å². The van der Waals surface area contributed by atoms with E-state index in [0.717, 1.165) is 11.3 Å². The Bertz CT molecular complexity index is 420. The van der Waals surface area contributed by atoms with Crippen molar-refractivity contribution in [2.75, 3.05) is 7.11 Å². The molecule has 0 unspecified atom stereocenters. The van der Waals surface area contributed by atoms with Gasteiger partial charge in [-0.2, -0.15) is 0 Å². The zero-order valence-electron chi connectivity index (χ0n) is 7.28. The maximum Gasteiger partial charge on any atom is 0.209 e. The average molecular weight is 178 g/mol. The van der Waals surface area contributed by atoms with Crippen LogP contribution in [-0.4, -0.2) is 12.1 Å². The second-order valence-corrected chi connectivity index (χ2v) is 2.65. The lowest BCUT2D eigenvalue weighted by atomic mass is 10.3. The minimum atomic E-state index is 0.316. The van der Waals surface area contributed by atoms with Gasteiger partial charge in [-0.05, 0) is 12.1 Å². The van der Waals surface area contributed by atoms with E-state index in [1.807, 2.05) is 12.1 Å². The molecule has 0 aliphatic heterocycles. The van der Waals surface area contributed by atoms with E-state index in [1.165, 1.54) is 0 Å². The fourth-order valence-corrected chi connectivity index (χ4v) is 1.17. The summed E-state index contributed by atoms with van der Waals surface area (Å²) in [5.74, 6) is 1.30. The number of ether oxygens (including phenoxy) is 1. The maximum atomic E-state index is 5.40. The number of rotatable bonds is 2. The van der Waals surface area contributed by atoms with E-state index in [0.29, 0.717) is 18.0 Å². The summed E-state index contributed by atoms with van der Waals surface area (Å²) < 4.78 is 10.4. The van der Waals surface area contributed by atoms with Crippen LogP contribution in [0, 0.1) is 0 Å². The predicted octanol–water partition coefficient (Wildman–Crippen LogP) is 1.30. The summed E-state index contributed by atoms with van der Waals surface area (Å²) in [6.45, 7) is 0.316. The van der Waals surface area contributed by atoms with Crippen molar-refractivity contribution in [2.24, 2.45) is 5.73 Å². The Hall–Kier alpha value is -1.55. The highest BCUT2D eigenvalue weighted by Gasteiger charge is 2.04. The highest BCUT2D eigenvalue weighted by atomic mass is 16.5. The number of hydrogen-bond acceptors (Lipinski definition) is 4. The van der Waals surface area contributed by atoms with Crippen LogP contribution in [-0.2, 0) is 6.54 Å². The molecule has 0 saturated carbocycles. The van der Waals surface area contributed by atoms with Gasteiger partial charge in [-0.15, -0.1) is 0 Å². The molecule has 0 aliphatic rings. The Labute approximate surface area is 75.3 Å². The van der Waals surface area contributed by atoms with Gasteiger partial charge >= 0.3 is 0 Å². The Kier molecular flexibility index (Phi) is 1.90. The first-order chi connectivity index (χ1) is 6.33. The SMILES string of the molecule is COc1ccc2nc(CN)oc2c1. The monoisotopic (exact) mass is 178 g/mol. The fraction of sp³-hybridized carbons (Fsp3) is 0.222. The van der Waals surface area contributed by atoms with Gasteiger partial charge in [0.1, 0.15) is 11.3 Å². The molecule has 2 aromatic rings. The van der Waals surface area contributed by atoms with Gasteiger partial charge in [0.15, 0.2) is 5.58 Å². The summed E-state index contributed by atoms with van der Waals surface area (Å²) in [7, 11) is 1.61. The van der Waals surface area contributed by atoms with E-state index in [4.69, 9.17) is 14.9 Å². The lowest BCUT2D eigenvalue weighted by molar-refractivity contribution is 0.414. The Morgan fingerprint density at radius 1 is 1.54 bits per heavy atom. The van der Waals surface area contributed by atoms with Gasteiger partial charge < -0.3 is 14.9 Å². The smallest absolute Gasteiger partial charge is 0.209 e. The van der Waals surface area contributed by atoms with Crippen LogP contribution in [0.3, 0.4) is 0 Å². The number of methoxy groups -OCH3 is 1. The van der Waals surface area contributed by atoms with E-state index in [-0.39, 0.29) is 0 Å². The first kappa shape index (κ1) is 8.07. The molecule has 68 valence electrons. The topological polar surface area (TPSA) is 61.3 Å². The number of nitrogens with zero attached hydrogens (tertiary/aromatic N) is 1. The third-order valence-electron chi connectivity index (χ3n) is 1.81. The van der Waals surface area contributed by atoms with E-state index >= 15 is 0 Å². The minimum Gasteiger partial charge on any atom is -0.497 e. The predicted molar refractivity (Wildman–Crippen MR) is 48.5 cm³/mol. The zero-order valence-corrected chi connectivity index (χ0v) is 7.28. The third-order valence-corrected chi connectivity index (χ3v) is 1.81. The molecule has 13 heavy (non-hydrogen) atoms. The molecule has 0 spiro atoms. The first-order valence-corrected chi connectivity index (χ1v) is 3.97. The minimum absolute atomic E-state index is 0.316. The summed E-state index contributed by atoms with van der Waals surface area (Å²) in [5.41, 5.74) is 6.91. The number of oxazole rings is 1. The number of fused-ring (bicyclic) bond motifs is 1. The van der Waals surface area contributed by atoms with Gasteiger partial charge in [0.05, 0.1) is 13.7 Å². The van der Waals surface area contributed by atoms with Crippen molar-refractivity contribution in [1.29, 1.82) is 0 Å². The van der Waals surface area contributed by atoms with Crippen LogP contribution in [0.1, 0.15) is 5.89 Å². The van der Waals surface area contributed by atoms with Crippen LogP contribution in [0.4, 0.5) is 0 Å². The molecule has 4 nitrogen and oxygen atoms in total. The highest BCUT2D eigenvalue weighted by molar-refractivity contribution is 5.74. The number of benzene rings is 1. The standard InChI is InChI=1S/C9H10N2O2/c1-12-6-2-3-7-8(4-6)13-9(5-10)11-7/h2-4H,5,10H2,1H3. The Balaban J connectivity index is 2.57. The van der Waals surface area contributed by atoms with Crippen LogP contribution in [0.2, 0.25) is 0 Å². The van der Waals surface area contributed by atoms with Gasteiger partial charge in [-0.25, -0.2) is 4.98 Å². The lowest BCUT2D eigenvalue weighted by Crippen LogP contribution is -1.94. The van der Waals surface area contributed by atoms with Crippen LogP contribution >= 0.6 is 0 Å². The van der Waals surface area contributed by atoms with Crippen molar-refractivity contribution in [2.45, 2.75) is 6.54 Å². The van der Waals surface area contributed by atoms with Crippen molar-refractivity contribution < 1.29 is 9.15 Å². The quantitative estimate of drug-likeness (QED) is 0.752. The zero-order chi connectivity index (χ0) is 9.26. The van der Waals surface area contributed by atoms with Gasteiger partial charge in [0, 0.05) is 6.07 Å². The van der Waals surface area contributed by atoms with Gasteiger partial charge in [0.2, 0.25) is 5.89 Å². The molecule has 4 heteroatoms. The summed E-state index contributed by atoms with van der Waals surface area (Å²) in [6.07, 6.45) is 0. The fourth-order valence-electron chi connectivity index (χ4n) is 1.17. The van der Waals surface area contributed by atoms with Crippen molar-refractivity contribution >= 4 is 11.1 Å². The second kappa shape index (κ2) is 3.06. The molecule has 1 heterocycles. The molecule has 2 N–H and O–H groups in total. The molecule has 0 atom stereocenters. The van der Waals surface area contributed by atoms with Crippen LogP contribution < -0.4 is 10.5 Å². The molecule has 2 rings (SSSR count). The van der Waals surface area contributed by atoms with E-state index in [1.54, 1.807) is 13.2 Å². The van der Waals surface area contributed by atoms with Crippen LogP contribution in [0.5, 0.6) is 5.75 Å². The van der Waals surface area contributed by atoms with Crippen molar-refractivity contribution in [1.82, 2.24) is 4.98 Å². The van der Waals surface area contributed by atoms with Crippen LogP contribution in [0.25, 0.3) is 11.1 Å². The van der Waals surface area contributed by atoms with Gasteiger partial charge in [0.25, 0.3) is 0 Å². The average Bonchev–Trinajstić information content (AvgIpc) is 2.58. The normalized spacial score (nSPS) is 10.6. The molecular weight excluding hydrogens is 168 g/mol. The van der Waals surface area contributed by atoms with Gasteiger partial charge in [-0.3, -0.25) is 0 Å². The number of nitrogens with two attached hydrogens (primary N) is 1. The second-order valence-electron chi connectivity index (χ2n) is 2.65. The van der Waals surface area contributed by atoms with E-state index in [9.17, 15) is 0 Å². The molecule has 0 bridgehead atoms. The summed E-state index contributed by atoms with van der Waals surface area (Å²) in [4.78, 5) is 4.16. The Morgan fingerprint density at radius 2 is 2.38 bits per heavy atom. The molecule has 1 aromatic heterocycles. The summed E-state index contributed by atoms with van der Waals surface area (Å²) >= 11 is 0. The largest absolute Gasteiger partial charge is 0.497 e. The first-order valence-electron chi connectivity index (χ1n) is 3.97. The van der Waals surface area contributed by atoms with Crippen molar-refractivity contribution in [3.8, 4) is 5.75 Å². The molecule has 0 saturated heterocycles. The van der Waals surface area contributed by atoms with E-state index in [2.05, 4.69) is 4.98 Å². The molecule has 0 aliphatic carbocycles. The number of hydrogen-bond donors (Lipinski definition) is 1. The molecule has 1 aromatic carbocycles. The van der Waals surface area contributed by atoms with E-state index < -0.39 is 0 Å². The molecule has 0 radical (unpaired) electrons. The molecule has 0 amide bonds. The van der Waals surface area contributed by atoms with Crippen molar-refractivity contribution in [3.63, 3.8) is 0 Å².